The maximum atomic E-state index is 12.7. The normalized spacial score (nSPS) is 20.0. The van der Waals surface area contributed by atoms with Crippen LogP contribution in [0.15, 0.2) is 42.5 Å². The Labute approximate surface area is 146 Å². The number of primary amides is 1. The summed E-state index contributed by atoms with van der Waals surface area (Å²) in [6, 6.07) is 13.5. The standard InChI is InChI=1S/C19H22N2O4/c1-24-13-19(18(20)23)10-5-11-21(19)17(22)12-25-16-9-4-7-14-6-2-3-8-15(14)16/h2-4,6-9H,5,10-13H2,1H3,(H2,20,23). The zero-order valence-electron chi connectivity index (χ0n) is 14.2. The number of rotatable bonds is 6. The Morgan fingerprint density at radius 2 is 1.96 bits per heavy atom. The Hall–Kier alpha value is -2.60. The molecule has 2 N–H and O–H groups in total. The van der Waals surface area contributed by atoms with Crippen molar-refractivity contribution in [3.63, 3.8) is 0 Å². The van der Waals surface area contributed by atoms with Crippen LogP contribution in [0.3, 0.4) is 0 Å². The third kappa shape index (κ3) is 3.17. The van der Waals surface area contributed by atoms with Crippen LogP contribution >= 0.6 is 0 Å². The molecule has 2 aromatic carbocycles. The Bertz CT molecular complexity index is 787. The topological polar surface area (TPSA) is 81.9 Å². The molecule has 132 valence electrons. The number of methoxy groups -OCH3 is 1. The second kappa shape index (κ2) is 7.11. The summed E-state index contributed by atoms with van der Waals surface area (Å²) in [5.41, 5.74) is 4.50. The van der Waals surface area contributed by atoms with Crippen LogP contribution in [0.1, 0.15) is 12.8 Å². The lowest BCUT2D eigenvalue weighted by molar-refractivity contribution is -0.148. The largest absolute Gasteiger partial charge is 0.483 e. The highest BCUT2D eigenvalue weighted by Crippen LogP contribution is 2.30. The Morgan fingerprint density at radius 1 is 1.20 bits per heavy atom. The predicted molar refractivity (Wildman–Crippen MR) is 94.2 cm³/mol. The van der Waals surface area contributed by atoms with Gasteiger partial charge in [0, 0.05) is 19.0 Å². The highest BCUT2D eigenvalue weighted by atomic mass is 16.5. The second-order valence-corrected chi connectivity index (χ2v) is 6.24. The highest BCUT2D eigenvalue weighted by molar-refractivity contribution is 5.92. The fourth-order valence-electron chi connectivity index (χ4n) is 3.50. The number of hydrogen-bond acceptors (Lipinski definition) is 4. The van der Waals surface area contributed by atoms with Gasteiger partial charge in [-0.15, -0.1) is 0 Å². The molecule has 0 aliphatic carbocycles. The van der Waals surface area contributed by atoms with Crippen molar-refractivity contribution in [2.24, 2.45) is 5.73 Å². The maximum Gasteiger partial charge on any atom is 0.261 e. The molecule has 1 heterocycles. The summed E-state index contributed by atoms with van der Waals surface area (Å²) in [4.78, 5) is 26.2. The number of ether oxygens (including phenoxy) is 2. The number of carbonyl (C=O) groups excluding carboxylic acids is 2. The predicted octanol–water partition coefficient (Wildman–Crippen LogP) is 1.71. The van der Waals surface area contributed by atoms with Crippen molar-refractivity contribution in [3.8, 4) is 5.75 Å². The van der Waals surface area contributed by atoms with Crippen molar-refractivity contribution in [2.45, 2.75) is 18.4 Å². The van der Waals surface area contributed by atoms with Crippen LogP contribution in [-0.4, -0.2) is 49.1 Å². The van der Waals surface area contributed by atoms with Crippen LogP contribution in [0, 0.1) is 0 Å². The van der Waals surface area contributed by atoms with Gasteiger partial charge in [0.2, 0.25) is 5.91 Å². The van der Waals surface area contributed by atoms with E-state index in [1.807, 2.05) is 42.5 Å². The number of amides is 2. The van der Waals surface area contributed by atoms with E-state index in [9.17, 15) is 9.59 Å². The summed E-state index contributed by atoms with van der Waals surface area (Å²) < 4.78 is 10.9. The first-order valence-corrected chi connectivity index (χ1v) is 8.28. The van der Waals surface area contributed by atoms with Crippen LogP contribution in [0.2, 0.25) is 0 Å². The molecular formula is C19H22N2O4. The van der Waals surface area contributed by atoms with Gasteiger partial charge in [-0.25, -0.2) is 0 Å². The molecule has 0 saturated carbocycles. The molecule has 6 nitrogen and oxygen atoms in total. The van der Waals surface area contributed by atoms with Crippen molar-refractivity contribution >= 4 is 22.6 Å². The van der Waals surface area contributed by atoms with Gasteiger partial charge in [0.25, 0.3) is 5.91 Å². The average Bonchev–Trinajstić information content (AvgIpc) is 3.05. The van der Waals surface area contributed by atoms with E-state index in [1.54, 1.807) is 0 Å². The number of benzene rings is 2. The molecule has 1 aliphatic rings. The molecule has 1 atom stereocenters. The molecular weight excluding hydrogens is 320 g/mol. The molecule has 6 heteroatoms. The monoisotopic (exact) mass is 342 g/mol. The minimum atomic E-state index is -1.08. The van der Waals surface area contributed by atoms with E-state index in [0.717, 1.165) is 10.8 Å². The summed E-state index contributed by atoms with van der Waals surface area (Å²) in [5, 5.41) is 1.98. The van der Waals surface area contributed by atoms with Gasteiger partial charge in [0.1, 0.15) is 11.3 Å². The Kier molecular flexibility index (Phi) is 4.90. The van der Waals surface area contributed by atoms with E-state index in [2.05, 4.69) is 0 Å². The Balaban J connectivity index is 1.76. The quantitative estimate of drug-likeness (QED) is 0.866. The molecule has 0 spiro atoms. The zero-order chi connectivity index (χ0) is 17.9. The molecule has 0 radical (unpaired) electrons. The van der Waals surface area contributed by atoms with E-state index in [0.29, 0.717) is 25.1 Å². The fourth-order valence-corrected chi connectivity index (χ4v) is 3.50. The minimum absolute atomic E-state index is 0.0995. The van der Waals surface area contributed by atoms with Crippen LogP contribution in [0.4, 0.5) is 0 Å². The van der Waals surface area contributed by atoms with Crippen molar-refractivity contribution in [3.05, 3.63) is 42.5 Å². The van der Waals surface area contributed by atoms with Gasteiger partial charge < -0.3 is 20.1 Å². The molecule has 25 heavy (non-hydrogen) atoms. The van der Waals surface area contributed by atoms with Crippen molar-refractivity contribution in [1.82, 2.24) is 4.90 Å². The lowest BCUT2D eigenvalue weighted by atomic mass is 9.96. The van der Waals surface area contributed by atoms with E-state index in [1.165, 1.54) is 12.0 Å². The Morgan fingerprint density at radius 3 is 2.72 bits per heavy atom. The first-order valence-electron chi connectivity index (χ1n) is 8.28. The highest BCUT2D eigenvalue weighted by Gasteiger charge is 2.48. The number of fused-ring (bicyclic) bond motifs is 1. The van der Waals surface area contributed by atoms with Crippen LogP contribution in [-0.2, 0) is 14.3 Å². The minimum Gasteiger partial charge on any atom is -0.483 e. The van der Waals surface area contributed by atoms with Gasteiger partial charge >= 0.3 is 0 Å². The van der Waals surface area contributed by atoms with Gasteiger partial charge in [0.05, 0.1) is 6.61 Å². The van der Waals surface area contributed by atoms with Crippen LogP contribution in [0.25, 0.3) is 10.8 Å². The van der Waals surface area contributed by atoms with E-state index >= 15 is 0 Å². The van der Waals surface area contributed by atoms with Crippen molar-refractivity contribution < 1.29 is 19.1 Å². The van der Waals surface area contributed by atoms with Crippen molar-refractivity contribution in [2.75, 3.05) is 26.9 Å². The van der Waals surface area contributed by atoms with Gasteiger partial charge in [-0.1, -0.05) is 36.4 Å². The summed E-state index contributed by atoms with van der Waals surface area (Å²) in [6.07, 6.45) is 1.22. The molecule has 2 aromatic rings. The summed E-state index contributed by atoms with van der Waals surface area (Å²) in [6.45, 7) is 0.430. The van der Waals surface area contributed by atoms with Gasteiger partial charge in [0.15, 0.2) is 6.61 Å². The first-order chi connectivity index (χ1) is 12.1. The smallest absolute Gasteiger partial charge is 0.261 e. The second-order valence-electron chi connectivity index (χ2n) is 6.24. The number of hydrogen-bond donors (Lipinski definition) is 1. The van der Waals surface area contributed by atoms with Crippen LogP contribution < -0.4 is 10.5 Å². The van der Waals surface area contributed by atoms with Gasteiger partial charge in [-0.2, -0.15) is 0 Å². The number of nitrogens with zero attached hydrogens (tertiary/aromatic N) is 1. The molecule has 3 rings (SSSR count). The number of nitrogens with two attached hydrogens (primary N) is 1. The van der Waals surface area contributed by atoms with Crippen LogP contribution in [0.5, 0.6) is 5.75 Å². The molecule has 1 unspecified atom stereocenters. The molecule has 2 amide bonds. The van der Waals surface area contributed by atoms with Crippen molar-refractivity contribution in [1.29, 1.82) is 0 Å². The average molecular weight is 342 g/mol. The number of likely N-dealkylation sites (tertiary alicyclic amines) is 1. The van der Waals surface area contributed by atoms with E-state index in [4.69, 9.17) is 15.2 Å². The lowest BCUT2D eigenvalue weighted by Crippen LogP contribution is -2.59. The van der Waals surface area contributed by atoms with E-state index < -0.39 is 11.4 Å². The summed E-state index contributed by atoms with van der Waals surface area (Å²) >= 11 is 0. The first kappa shape index (κ1) is 17.2. The lowest BCUT2D eigenvalue weighted by Gasteiger charge is -2.35. The molecule has 0 bridgehead atoms. The SMILES string of the molecule is COCC1(C(N)=O)CCCN1C(=O)COc1cccc2ccccc12. The molecule has 1 fully saturated rings. The molecule has 0 aromatic heterocycles. The molecule has 1 aliphatic heterocycles. The van der Waals surface area contributed by atoms with E-state index in [-0.39, 0.29) is 19.1 Å². The third-order valence-electron chi connectivity index (χ3n) is 4.73. The van der Waals surface area contributed by atoms with Gasteiger partial charge in [-0.3, -0.25) is 9.59 Å². The zero-order valence-corrected chi connectivity index (χ0v) is 14.2. The third-order valence-corrected chi connectivity index (χ3v) is 4.73. The number of carbonyl (C=O) groups is 2. The molecule has 1 saturated heterocycles. The van der Waals surface area contributed by atoms with Gasteiger partial charge in [-0.05, 0) is 24.3 Å². The summed E-state index contributed by atoms with van der Waals surface area (Å²) in [7, 11) is 1.50. The fraction of sp³-hybridized carbons (Fsp3) is 0.368. The maximum absolute atomic E-state index is 12.7. The summed E-state index contributed by atoms with van der Waals surface area (Å²) in [5.74, 6) is -0.159.